The summed E-state index contributed by atoms with van der Waals surface area (Å²) in [7, 11) is 0. The fourth-order valence-corrected chi connectivity index (χ4v) is 3.71. The highest BCUT2D eigenvalue weighted by Crippen LogP contribution is 2.39. The van der Waals surface area contributed by atoms with Crippen molar-refractivity contribution in [3.63, 3.8) is 0 Å². The smallest absolute Gasteiger partial charge is 0.0637 e. The van der Waals surface area contributed by atoms with Crippen molar-refractivity contribution in [3.8, 4) is 0 Å². The quantitative estimate of drug-likeness (QED) is 0.799. The van der Waals surface area contributed by atoms with Crippen molar-refractivity contribution in [3.05, 3.63) is 29.0 Å². The number of pyridine rings is 1. The van der Waals surface area contributed by atoms with Gasteiger partial charge >= 0.3 is 0 Å². The monoisotopic (exact) mass is 294 g/mol. The predicted octanol–water partition coefficient (Wildman–Crippen LogP) is 4.99. The molecule has 2 nitrogen and oxygen atoms in total. The Hall–Kier alpha value is -0.600. The van der Waals surface area contributed by atoms with E-state index in [1.165, 1.54) is 37.7 Å². The van der Waals surface area contributed by atoms with Gasteiger partial charge < -0.3 is 5.32 Å². The van der Waals surface area contributed by atoms with Crippen molar-refractivity contribution < 1.29 is 0 Å². The average molecular weight is 295 g/mol. The van der Waals surface area contributed by atoms with Crippen LogP contribution in [0.5, 0.6) is 0 Å². The summed E-state index contributed by atoms with van der Waals surface area (Å²) in [5.41, 5.74) is 1.23. The van der Waals surface area contributed by atoms with E-state index in [4.69, 9.17) is 11.6 Å². The van der Waals surface area contributed by atoms with Crippen molar-refractivity contribution >= 4 is 11.6 Å². The van der Waals surface area contributed by atoms with E-state index in [0.29, 0.717) is 12.0 Å². The summed E-state index contributed by atoms with van der Waals surface area (Å²) in [6, 6.07) is 2.48. The Morgan fingerprint density at radius 3 is 2.95 bits per heavy atom. The largest absolute Gasteiger partial charge is 0.310 e. The minimum Gasteiger partial charge on any atom is -0.310 e. The molecular formula is C17H27ClN2. The Bertz CT molecular complexity index is 408. The molecule has 1 saturated carbocycles. The summed E-state index contributed by atoms with van der Waals surface area (Å²) in [6.45, 7) is 5.59. The fourth-order valence-electron chi connectivity index (χ4n) is 3.47. The van der Waals surface area contributed by atoms with Crippen LogP contribution in [0.25, 0.3) is 0 Å². The molecular weight excluding hydrogens is 268 g/mol. The van der Waals surface area contributed by atoms with Crippen LogP contribution in [0.2, 0.25) is 5.02 Å². The molecule has 0 amide bonds. The van der Waals surface area contributed by atoms with Gasteiger partial charge in [-0.15, -0.1) is 0 Å². The van der Waals surface area contributed by atoms with Gasteiger partial charge in [0, 0.05) is 18.4 Å². The summed E-state index contributed by atoms with van der Waals surface area (Å²) < 4.78 is 0. The maximum Gasteiger partial charge on any atom is 0.0637 e. The van der Waals surface area contributed by atoms with Crippen LogP contribution >= 0.6 is 11.6 Å². The van der Waals surface area contributed by atoms with Crippen LogP contribution in [0.3, 0.4) is 0 Å². The first kappa shape index (κ1) is 15.8. The van der Waals surface area contributed by atoms with E-state index in [1.807, 2.05) is 6.20 Å². The molecule has 0 aliphatic heterocycles. The number of nitrogens with one attached hydrogen (secondary N) is 1. The van der Waals surface area contributed by atoms with Crippen LogP contribution in [-0.2, 0) is 0 Å². The molecule has 20 heavy (non-hydrogen) atoms. The Morgan fingerprint density at radius 2 is 2.25 bits per heavy atom. The van der Waals surface area contributed by atoms with Gasteiger partial charge in [-0.2, -0.15) is 0 Å². The molecule has 0 aromatic carbocycles. The number of rotatable bonds is 6. The third kappa shape index (κ3) is 3.95. The minimum absolute atomic E-state index is 0.389. The molecule has 3 atom stereocenters. The second-order valence-electron chi connectivity index (χ2n) is 6.03. The summed E-state index contributed by atoms with van der Waals surface area (Å²) >= 11 is 6.38. The molecule has 112 valence electrons. The molecule has 0 bridgehead atoms. The predicted molar refractivity (Wildman–Crippen MR) is 86.0 cm³/mol. The standard InChI is InChI=1S/C17H27ClN2/c1-3-9-20-17(15-8-10-19-12-16(15)18)14-7-5-6-13(4-2)11-14/h8,10,12-14,17,20H,3-7,9,11H2,1-2H3. The number of aromatic nitrogens is 1. The third-order valence-corrected chi connectivity index (χ3v) is 4.94. The molecule has 1 N–H and O–H groups in total. The Morgan fingerprint density at radius 1 is 1.40 bits per heavy atom. The first-order valence-electron chi connectivity index (χ1n) is 8.09. The minimum atomic E-state index is 0.389. The lowest BCUT2D eigenvalue weighted by atomic mass is 9.75. The van der Waals surface area contributed by atoms with Gasteiger partial charge in [-0.3, -0.25) is 4.98 Å². The van der Waals surface area contributed by atoms with Gasteiger partial charge in [0.1, 0.15) is 0 Å². The fraction of sp³-hybridized carbons (Fsp3) is 0.706. The second kappa shape index (κ2) is 7.99. The summed E-state index contributed by atoms with van der Waals surface area (Å²) in [6.07, 6.45) is 11.5. The van der Waals surface area contributed by atoms with Crippen molar-refractivity contribution in [2.45, 2.75) is 58.4 Å². The molecule has 1 fully saturated rings. The zero-order chi connectivity index (χ0) is 14.4. The lowest BCUT2D eigenvalue weighted by molar-refractivity contribution is 0.209. The molecule has 0 saturated heterocycles. The Balaban J connectivity index is 2.16. The number of hydrogen-bond donors (Lipinski definition) is 1. The molecule has 3 heteroatoms. The average Bonchev–Trinajstić information content (AvgIpc) is 2.49. The summed E-state index contributed by atoms with van der Waals surface area (Å²) in [4.78, 5) is 4.12. The Labute approximate surface area is 128 Å². The van der Waals surface area contributed by atoms with E-state index in [0.717, 1.165) is 23.9 Å². The molecule has 1 aromatic heterocycles. The van der Waals surface area contributed by atoms with E-state index in [1.54, 1.807) is 6.20 Å². The topological polar surface area (TPSA) is 24.9 Å². The van der Waals surface area contributed by atoms with Gasteiger partial charge in [0.15, 0.2) is 0 Å². The molecule has 2 rings (SSSR count). The van der Waals surface area contributed by atoms with Gasteiger partial charge in [0.05, 0.1) is 5.02 Å². The number of nitrogens with zero attached hydrogens (tertiary/aromatic N) is 1. The van der Waals surface area contributed by atoms with Crippen molar-refractivity contribution in [1.29, 1.82) is 0 Å². The summed E-state index contributed by atoms with van der Waals surface area (Å²) in [5.74, 6) is 1.60. The van der Waals surface area contributed by atoms with E-state index >= 15 is 0 Å². The van der Waals surface area contributed by atoms with E-state index in [9.17, 15) is 0 Å². The van der Waals surface area contributed by atoms with E-state index in [2.05, 4.69) is 30.2 Å². The lowest BCUT2D eigenvalue weighted by Gasteiger charge is -2.35. The normalized spacial score (nSPS) is 24.6. The van der Waals surface area contributed by atoms with Crippen LogP contribution < -0.4 is 5.32 Å². The van der Waals surface area contributed by atoms with Gasteiger partial charge in [-0.1, -0.05) is 44.7 Å². The van der Waals surface area contributed by atoms with Crippen LogP contribution in [0.4, 0.5) is 0 Å². The number of halogens is 1. The highest BCUT2D eigenvalue weighted by Gasteiger charge is 2.29. The first-order chi connectivity index (χ1) is 9.76. The van der Waals surface area contributed by atoms with Crippen molar-refractivity contribution in [2.75, 3.05) is 6.54 Å². The van der Waals surface area contributed by atoms with Gasteiger partial charge in [-0.05, 0) is 49.3 Å². The molecule has 0 radical (unpaired) electrons. The molecule has 1 heterocycles. The zero-order valence-corrected chi connectivity index (χ0v) is 13.5. The van der Waals surface area contributed by atoms with E-state index in [-0.39, 0.29) is 0 Å². The second-order valence-corrected chi connectivity index (χ2v) is 6.44. The molecule has 1 aliphatic rings. The van der Waals surface area contributed by atoms with Gasteiger partial charge in [0.2, 0.25) is 0 Å². The molecule has 3 unspecified atom stereocenters. The van der Waals surface area contributed by atoms with Crippen molar-refractivity contribution in [1.82, 2.24) is 10.3 Å². The highest BCUT2D eigenvalue weighted by atomic mass is 35.5. The Kier molecular flexibility index (Phi) is 6.31. The van der Waals surface area contributed by atoms with Gasteiger partial charge in [-0.25, -0.2) is 0 Å². The molecule has 1 aromatic rings. The zero-order valence-electron chi connectivity index (χ0n) is 12.7. The van der Waals surface area contributed by atoms with Gasteiger partial charge in [0.25, 0.3) is 0 Å². The van der Waals surface area contributed by atoms with Crippen LogP contribution in [0.1, 0.15) is 64.0 Å². The first-order valence-corrected chi connectivity index (χ1v) is 8.46. The SMILES string of the molecule is CCCNC(c1ccncc1Cl)C1CCCC(CC)C1. The third-order valence-electron chi connectivity index (χ3n) is 4.63. The number of hydrogen-bond acceptors (Lipinski definition) is 2. The molecule has 1 aliphatic carbocycles. The summed E-state index contributed by atoms with van der Waals surface area (Å²) in [5, 5.41) is 4.53. The molecule has 0 spiro atoms. The lowest BCUT2D eigenvalue weighted by Crippen LogP contribution is -2.32. The highest BCUT2D eigenvalue weighted by molar-refractivity contribution is 6.31. The van der Waals surface area contributed by atoms with Crippen LogP contribution in [-0.4, -0.2) is 11.5 Å². The maximum atomic E-state index is 6.38. The van der Waals surface area contributed by atoms with Crippen LogP contribution in [0, 0.1) is 11.8 Å². The van der Waals surface area contributed by atoms with Crippen molar-refractivity contribution in [2.24, 2.45) is 11.8 Å². The maximum absolute atomic E-state index is 6.38. The van der Waals surface area contributed by atoms with Crippen LogP contribution in [0.15, 0.2) is 18.5 Å². The van der Waals surface area contributed by atoms with E-state index < -0.39 is 0 Å².